The number of carbonyl (C=O) groups is 1. The second-order valence-corrected chi connectivity index (χ2v) is 7.68. The maximum atomic E-state index is 12.3. The van der Waals surface area contributed by atoms with E-state index in [1.54, 1.807) is 0 Å². The van der Waals surface area contributed by atoms with Gasteiger partial charge in [0.2, 0.25) is 5.91 Å². The van der Waals surface area contributed by atoms with E-state index in [4.69, 9.17) is 0 Å². The molecule has 1 aliphatic heterocycles. The molecule has 1 saturated heterocycles. The lowest BCUT2D eigenvalue weighted by Gasteiger charge is -2.37. The Hall–Kier alpha value is -2.14. The van der Waals surface area contributed by atoms with Crippen molar-refractivity contribution in [2.24, 2.45) is 0 Å². The number of hydrogen-bond donors (Lipinski definition) is 0. The van der Waals surface area contributed by atoms with Crippen LogP contribution in [-0.2, 0) is 21.1 Å². The van der Waals surface area contributed by atoms with Gasteiger partial charge in [-0.15, -0.1) is 0 Å². The molecule has 1 heterocycles. The predicted molar refractivity (Wildman–Crippen MR) is 86.5 cm³/mol. The van der Waals surface area contributed by atoms with Crippen LogP contribution in [-0.4, -0.2) is 31.9 Å². The first-order valence-corrected chi connectivity index (χ1v) is 8.91. The van der Waals surface area contributed by atoms with Crippen molar-refractivity contribution in [1.29, 1.82) is 0 Å². The molecule has 2 aromatic carbocycles. The van der Waals surface area contributed by atoms with E-state index in [2.05, 4.69) is 0 Å². The standard InChI is InChI=1S/C17H17NO3S/c19-17-16(13-18(17)15-9-5-2-6-10-15)22(20,21)12-11-14-7-3-1-4-8-14/h1-10,16H,11-13H2. The molecule has 1 fully saturated rings. The maximum absolute atomic E-state index is 12.3. The van der Waals surface area contributed by atoms with Crippen molar-refractivity contribution in [3.63, 3.8) is 0 Å². The Morgan fingerprint density at radius 2 is 1.55 bits per heavy atom. The van der Waals surface area contributed by atoms with Crippen molar-refractivity contribution < 1.29 is 13.2 Å². The van der Waals surface area contributed by atoms with Crippen molar-refractivity contribution in [3.05, 3.63) is 66.2 Å². The molecule has 22 heavy (non-hydrogen) atoms. The highest BCUT2D eigenvalue weighted by molar-refractivity contribution is 7.93. The molecule has 2 aromatic rings. The second-order valence-electron chi connectivity index (χ2n) is 5.38. The zero-order valence-corrected chi connectivity index (χ0v) is 12.9. The Labute approximate surface area is 130 Å². The fraction of sp³-hybridized carbons (Fsp3) is 0.235. The summed E-state index contributed by atoms with van der Waals surface area (Å²) in [6, 6.07) is 18.6. The molecular formula is C17H17NO3S. The minimum absolute atomic E-state index is 0.00997. The number of nitrogens with zero attached hydrogens (tertiary/aromatic N) is 1. The lowest BCUT2D eigenvalue weighted by molar-refractivity contribution is -0.121. The summed E-state index contributed by atoms with van der Waals surface area (Å²) >= 11 is 0. The van der Waals surface area contributed by atoms with Gasteiger partial charge in [-0.05, 0) is 24.1 Å². The molecule has 0 saturated carbocycles. The second kappa shape index (κ2) is 5.93. The third kappa shape index (κ3) is 2.90. The van der Waals surface area contributed by atoms with Crippen molar-refractivity contribution in [3.8, 4) is 0 Å². The van der Waals surface area contributed by atoms with E-state index in [0.717, 1.165) is 11.3 Å². The summed E-state index contributed by atoms with van der Waals surface area (Å²) in [6.07, 6.45) is 0.443. The van der Waals surface area contributed by atoms with Crippen LogP contribution in [0.1, 0.15) is 5.56 Å². The van der Waals surface area contributed by atoms with Crippen molar-refractivity contribution >= 4 is 21.4 Å². The molecule has 0 aromatic heterocycles. The van der Waals surface area contributed by atoms with E-state index in [9.17, 15) is 13.2 Å². The van der Waals surface area contributed by atoms with Gasteiger partial charge in [-0.3, -0.25) is 4.79 Å². The number of hydrogen-bond acceptors (Lipinski definition) is 3. The first-order valence-electron chi connectivity index (χ1n) is 7.20. The number of benzene rings is 2. The molecule has 1 atom stereocenters. The highest BCUT2D eigenvalue weighted by Crippen LogP contribution is 2.26. The fourth-order valence-electron chi connectivity index (χ4n) is 2.55. The smallest absolute Gasteiger partial charge is 0.247 e. The Morgan fingerprint density at radius 3 is 2.14 bits per heavy atom. The number of amides is 1. The Kier molecular flexibility index (Phi) is 3.98. The van der Waals surface area contributed by atoms with Crippen LogP contribution in [0.4, 0.5) is 5.69 Å². The van der Waals surface area contributed by atoms with Gasteiger partial charge in [0.15, 0.2) is 15.1 Å². The van der Waals surface area contributed by atoms with Crippen LogP contribution in [0.5, 0.6) is 0 Å². The predicted octanol–water partition coefficient (Wildman–Crippen LogP) is 2.06. The molecule has 0 N–H and O–H groups in total. The van der Waals surface area contributed by atoms with Gasteiger partial charge in [-0.2, -0.15) is 0 Å². The average Bonchev–Trinajstić information content (AvgIpc) is 2.53. The van der Waals surface area contributed by atoms with Gasteiger partial charge in [-0.25, -0.2) is 8.42 Å². The van der Waals surface area contributed by atoms with Gasteiger partial charge in [-0.1, -0.05) is 48.5 Å². The summed E-state index contributed by atoms with van der Waals surface area (Å²) in [5, 5.41) is -0.892. The molecule has 1 aliphatic rings. The summed E-state index contributed by atoms with van der Waals surface area (Å²) in [5.41, 5.74) is 1.72. The van der Waals surface area contributed by atoms with Crippen LogP contribution in [0.2, 0.25) is 0 Å². The number of sulfone groups is 1. The van der Waals surface area contributed by atoms with Crippen LogP contribution < -0.4 is 4.90 Å². The summed E-state index contributed by atoms with van der Waals surface area (Å²) < 4.78 is 24.7. The van der Waals surface area contributed by atoms with Gasteiger partial charge in [0, 0.05) is 5.69 Å². The minimum atomic E-state index is -3.40. The first-order chi connectivity index (χ1) is 10.6. The monoisotopic (exact) mass is 315 g/mol. The number of β-lactam (4-membered cyclic amide) rings is 1. The summed E-state index contributed by atoms with van der Waals surface area (Å²) in [7, 11) is -3.40. The van der Waals surface area contributed by atoms with Crippen LogP contribution in [0.3, 0.4) is 0 Å². The molecule has 0 spiro atoms. The Bertz CT molecular complexity index is 757. The van der Waals surface area contributed by atoms with E-state index in [1.807, 2.05) is 60.7 Å². The van der Waals surface area contributed by atoms with Crippen LogP contribution in [0.25, 0.3) is 0 Å². The molecule has 0 bridgehead atoms. The zero-order valence-electron chi connectivity index (χ0n) is 12.1. The third-order valence-corrected chi connectivity index (χ3v) is 5.90. The van der Waals surface area contributed by atoms with Gasteiger partial charge in [0.25, 0.3) is 0 Å². The van der Waals surface area contributed by atoms with E-state index in [1.165, 1.54) is 4.90 Å². The van der Waals surface area contributed by atoms with Gasteiger partial charge in [0.05, 0.1) is 12.3 Å². The highest BCUT2D eigenvalue weighted by atomic mass is 32.2. The maximum Gasteiger partial charge on any atom is 0.247 e. The molecule has 3 rings (SSSR count). The van der Waals surface area contributed by atoms with Crippen LogP contribution in [0.15, 0.2) is 60.7 Å². The summed E-state index contributed by atoms with van der Waals surface area (Å²) in [5.74, 6) is -0.310. The van der Waals surface area contributed by atoms with Crippen molar-refractivity contribution in [2.75, 3.05) is 17.2 Å². The fourth-order valence-corrected chi connectivity index (χ4v) is 4.17. The number of para-hydroxylation sites is 1. The molecule has 0 aliphatic carbocycles. The van der Waals surface area contributed by atoms with Crippen LogP contribution >= 0.6 is 0 Å². The molecular weight excluding hydrogens is 298 g/mol. The normalized spacial score (nSPS) is 18.1. The van der Waals surface area contributed by atoms with Gasteiger partial charge in [0.1, 0.15) is 0 Å². The molecule has 4 nitrogen and oxygen atoms in total. The molecule has 114 valence electrons. The average molecular weight is 315 g/mol. The first kappa shape index (κ1) is 14.8. The number of anilines is 1. The number of carbonyl (C=O) groups excluding carboxylic acids is 1. The summed E-state index contributed by atoms with van der Waals surface area (Å²) in [4.78, 5) is 13.7. The zero-order chi connectivity index (χ0) is 15.6. The van der Waals surface area contributed by atoms with Crippen LogP contribution in [0, 0.1) is 0 Å². The highest BCUT2D eigenvalue weighted by Gasteiger charge is 2.45. The molecule has 0 radical (unpaired) electrons. The van der Waals surface area contributed by atoms with E-state index < -0.39 is 15.1 Å². The molecule has 1 amide bonds. The minimum Gasteiger partial charge on any atom is -0.309 e. The Balaban J connectivity index is 1.64. The third-order valence-electron chi connectivity index (χ3n) is 3.91. The lowest BCUT2D eigenvalue weighted by Crippen LogP contribution is -2.60. The lowest BCUT2D eigenvalue weighted by atomic mass is 10.1. The quantitative estimate of drug-likeness (QED) is 0.794. The summed E-state index contributed by atoms with van der Waals surface area (Å²) in [6.45, 7) is 0.250. The van der Waals surface area contributed by atoms with E-state index in [0.29, 0.717) is 6.42 Å². The van der Waals surface area contributed by atoms with E-state index >= 15 is 0 Å². The van der Waals surface area contributed by atoms with Gasteiger partial charge < -0.3 is 4.90 Å². The number of rotatable bonds is 5. The topological polar surface area (TPSA) is 54.5 Å². The van der Waals surface area contributed by atoms with Crippen molar-refractivity contribution in [2.45, 2.75) is 11.7 Å². The molecule has 1 unspecified atom stereocenters. The van der Waals surface area contributed by atoms with Crippen molar-refractivity contribution in [1.82, 2.24) is 0 Å². The number of aryl methyl sites for hydroxylation is 1. The van der Waals surface area contributed by atoms with E-state index in [-0.39, 0.29) is 18.2 Å². The molecule has 5 heteroatoms. The Morgan fingerprint density at radius 1 is 0.955 bits per heavy atom. The SMILES string of the molecule is O=C1C(S(=O)(=O)CCc2ccccc2)CN1c1ccccc1. The van der Waals surface area contributed by atoms with Gasteiger partial charge >= 0.3 is 0 Å². The largest absolute Gasteiger partial charge is 0.309 e.